The largest absolute Gasteiger partial charge is 0.356 e. The van der Waals surface area contributed by atoms with E-state index in [-0.39, 0.29) is 18.7 Å². The molecule has 0 heterocycles. The molecule has 0 bridgehead atoms. The predicted molar refractivity (Wildman–Crippen MR) is 36.0 cm³/mol. The molecule has 0 aromatic heterocycles. The SMILES string of the molecule is CCNC(=O)CCC([NH])=O. The van der Waals surface area contributed by atoms with Crippen LogP contribution >= 0.6 is 0 Å². The van der Waals surface area contributed by atoms with Crippen molar-refractivity contribution in [1.82, 2.24) is 11.1 Å². The van der Waals surface area contributed by atoms with Crippen LogP contribution in [0.3, 0.4) is 0 Å². The standard InChI is InChI=1S/C6H11N2O2/c1-2-8-6(10)4-3-5(7)9/h7H,2-4H2,1H3,(H,8,10). The highest BCUT2D eigenvalue weighted by molar-refractivity contribution is 5.82. The molecule has 0 aliphatic carbocycles. The first-order valence-corrected chi connectivity index (χ1v) is 3.18. The van der Waals surface area contributed by atoms with Gasteiger partial charge in [-0.25, -0.2) is 0 Å². The Morgan fingerprint density at radius 1 is 1.40 bits per heavy atom. The normalized spacial score (nSPS) is 8.90. The number of hydrogen-bond acceptors (Lipinski definition) is 2. The molecule has 0 rings (SSSR count). The number of rotatable bonds is 4. The van der Waals surface area contributed by atoms with Crippen molar-refractivity contribution in [3.05, 3.63) is 0 Å². The van der Waals surface area contributed by atoms with E-state index in [9.17, 15) is 9.59 Å². The maximum atomic E-state index is 10.6. The Bertz CT molecular complexity index is 134. The van der Waals surface area contributed by atoms with E-state index in [0.717, 1.165) is 0 Å². The predicted octanol–water partition coefficient (Wildman–Crippen LogP) is -0.288. The van der Waals surface area contributed by atoms with Crippen molar-refractivity contribution in [2.24, 2.45) is 0 Å². The van der Waals surface area contributed by atoms with Gasteiger partial charge >= 0.3 is 0 Å². The summed E-state index contributed by atoms with van der Waals surface area (Å²) < 4.78 is 0. The molecule has 0 aromatic carbocycles. The molecule has 0 saturated heterocycles. The third-order valence-corrected chi connectivity index (χ3v) is 0.953. The van der Waals surface area contributed by atoms with Gasteiger partial charge in [0, 0.05) is 19.4 Å². The first-order chi connectivity index (χ1) is 4.66. The van der Waals surface area contributed by atoms with Gasteiger partial charge in [0.2, 0.25) is 11.8 Å². The summed E-state index contributed by atoms with van der Waals surface area (Å²) in [5, 5.41) is 2.53. The zero-order valence-electron chi connectivity index (χ0n) is 5.94. The molecule has 0 aliphatic heterocycles. The quantitative estimate of drug-likeness (QED) is 0.587. The van der Waals surface area contributed by atoms with Gasteiger partial charge in [-0.3, -0.25) is 15.3 Å². The molecular formula is C6H11N2O2. The minimum atomic E-state index is -0.689. The Morgan fingerprint density at radius 3 is 2.40 bits per heavy atom. The van der Waals surface area contributed by atoms with Crippen LogP contribution in [0.4, 0.5) is 0 Å². The second-order valence-electron chi connectivity index (χ2n) is 1.88. The molecule has 1 radical (unpaired) electrons. The molecule has 2 N–H and O–H groups in total. The lowest BCUT2D eigenvalue weighted by Crippen LogP contribution is -2.23. The molecular weight excluding hydrogens is 132 g/mol. The summed E-state index contributed by atoms with van der Waals surface area (Å²) in [6.45, 7) is 2.38. The number of amides is 2. The summed E-state index contributed by atoms with van der Waals surface area (Å²) in [5.74, 6) is -0.852. The number of carbonyl (C=O) groups excluding carboxylic acids is 2. The second kappa shape index (κ2) is 4.78. The third-order valence-electron chi connectivity index (χ3n) is 0.953. The van der Waals surface area contributed by atoms with E-state index in [1.54, 1.807) is 6.92 Å². The molecule has 2 amide bonds. The summed E-state index contributed by atoms with van der Waals surface area (Å²) in [6.07, 6.45) is 0.155. The van der Waals surface area contributed by atoms with Crippen LogP contribution in [0.1, 0.15) is 19.8 Å². The second-order valence-corrected chi connectivity index (χ2v) is 1.88. The van der Waals surface area contributed by atoms with Crippen molar-refractivity contribution < 1.29 is 9.59 Å². The maximum Gasteiger partial charge on any atom is 0.238 e. The van der Waals surface area contributed by atoms with Crippen LogP contribution in [-0.2, 0) is 9.59 Å². The minimum absolute atomic E-state index is 0.0197. The van der Waals surface area contributed by atoms with E-state index in [1.165, 1.54) is 0 Å². The highest BCUT2D eigenvalue weighted by atomic mass is 16.2. The Labute approximate surface area is 59.8 Å². The van der Waals surface area contributed by atoms with E-state index in [2.05, 4.69) is 5.32 Å². The van der Waals surface area contributed by atoms with Crippen LogP contribution in [0.5, 0.6) is 0 Å². The van der Waals surface area contributed by atoms with Gasteiger partial charge < -0.3 is 5.32 Å². The third kappa shape index (κ3) is 5.08. The Morgan fingerprint density at radius 2 is 2.00 bits per heavy atom. The van der Waals surface area contributed by atoms with Crippen molar-refractivity contribution in [1.29, 1.82) is 0 Å². The zero-order valence-corrected chi connectivity index (χ0v) is 5.94. The number of hydrogen-bond donors (Lipinski definition) is 1. The fourth-order valence-electron chi connectivity index (χ4n) is 0.513. The lowest BCUT2D eigenvalue weighted by molar-refractivity contribution is -0.125. The summed E-state index contributed by atoms with van der Waals surface area (Å²) in [7, 11) is 0. The van der Waals surface area contributed by atoms with Crippen molar-refractivity contribution >= 4 is 11.8 Å². The Hall–Kier alpha value is -1.06. The summed E-state index contributed by atoms with van der Waals surface area (Å²) in [4.78, 5) is 20.6. The number of nitrogens with one attached hydrogen (secondary N) is 2. The van der Waals surface area contributed by atoms with Crippen LogP contribution in [0.2, 0.25) is 0 Å². The van der Waals surface area contributed by atoms with Gasteiger partial charge in [0.1, 0.15) is 0 Å². The molecule has 0 spiro atoms. The van der Waals surface area contributed by atoms with Gasteiger partial charge in [0.05, 0.1) is 0 Å². The average Bonchev–Trinajstić information content (AvgIpc) is 1.85. The molecule has 4 heteroatoms. The van der Waals surface area contributed by atoms with Crippen molar-refractivity contribution in [3.63, 3.8) is 0 Å². The van der Waals surface area contributed by atoms with Gasteiger partial charge in [-0.2, -0.15) is 0 Å². The topological polar surface area (TPSA) is 70.0 Å². The lowest BCUT2D eigenvalue weighted by atomic mass is 10.3. The fourth-order valence-corrected chi connectivity index (χ4v) is 0.513. The van der Waals surface area contributed by atoms with Crippen LogP contribution in [0.15, 0.2) is 0 Å². The van der Waals surface area contributed by atoms with Crippen molar-refractivity contribution in [2.75, 3.05) is 6.54 Å². The van der Waals surface area contributed by atoms with Crippen LogP contribution in [0, 0.1) is 0 Å². The van der Waals surface area contributed by atoms with E-state index in [4.69, 9.17) is 5.73 Å². The van der Waals surface area contributed by atoms with Gasteiger partial charge in [-0.1, -0.05) is 0 Å². The van der Waals surface area contributed by atoms with E-state index in [0.29, 0.717) is 6.54 Å². The van der Waals surface area contributed by atoms with Crippen LogP contribution < -0.4 is 11.1 Å². The smallest absolute Gasteiger partial charge is 0.238 e. The van der Waals surface area contributed by atoms with Gasteiger partial charge in [0.15, 0.2) is 0 Å². The summed E-state index contributed by atoms with van der Waals surface area (Å²) in [6, 6.07) is 0. The molecule has 57 valence electrons. The van der Waals surface area contributed by atoms with Crippen molar-refractivity contribution in [3.8, 4) is 0 Å². The highest BCUT2D eigenvalue weighted by Gasteiger charge is 2.01. The van der Waals surface area contributed by atoms with Gasteiger partial charge in [0.25, 0.3) is 0 Å². The highest BCUT2D eigenvalue weighted by Crippen LogP contribution is 1.86. The fraction of sp³-hybridized carbons (Fsp3) is 0.667. The molecule has 0 aromatic rings. The van der Waals surface area contributed by atoms with Gasteiger partial charge in [-0.05, 0) is 6.92 Å². The molecule has 0 saturated carbocycles. The lowest BCUT2D eigenvalue weighted by Gasteiger charge is -1.97. The molecule has 4 nitrogen and oxygen atoms in total. The molecule has 0 fully saturated rings. The van der Waals surface area contributed by atoms with E-state index < -0.39 is 5.91 Å². The molecule has 10 heavy (non-hydrogen) atoms. The van der Waals surface area contributed by atoms with Crippen LogP contribution in [0.25, 0.3) is 0 Å². The average molecular weight is 143 g/mol. The first kappa shape index (κ1) is 8.94. The van der Waals surface area contributed by atoms with Gasteiger partial charge in [-0.15, -0.1) is 0 Å². The first-order valence-electron chi connectivity index (χ1n) is 3.18. The number of carbonyl (C=O) groups is 2. The van der Waals surface area contributed by atoms with Crippen molar-refractivity contribution in [2.45, 2.75) is 19.8 Å². The van der Waals surface area contributed by atoms with Crippen LogP contribution in [-0.4, -0.2) is 18.4 Å². The summed E-state index contributed by atoms with van der Waals surface area (Å²) >= 11 is 0. The minimum Gasteiger partial charge on any atom is -0.356 e. The Kier molecular flexibility index (Phi) is 4.28. The zero-order chi connectivity index (χ0) is 7.98. The molecule has 0 unspecified atom stereocenters. The van der Waals surface area contributed by atoms with E-state index >= 15 is 0 Å². The molecule has 0 aliphatic rings. The maximum absolute atomic E-state index is 10.6. The monoisotopic (exact) mass is 143 g/mol. The summed E-state index contributed by atoms with van der Waals surface area (Å²) in [5.41, 5.74) is 6.48. The Balaban J connectivity index is 3.30. The molecule has 0 atom stereocenters. The van der Waals surface area contributed by atoms with E-state index in [1.807, 2.05) is 0 Å².